The van der Waals surface area contributed by atoms with Gasteiger partial charge in [0.25, 0.3) is 0 Å². The van der Waals surface area contributed by atoms with Crippen molar-refractivity contribution in [1.82, 2.24) is 20.6 Å². The van der Waals surface area contributed by atoms with Crippen LogP contribution in [0.25, 0.3) is 5.57 Å². The van der Waals surface area contributed by atoms with E-state index >= 15 is 0 Å². The molecule has 1 aliphatic rings. The van der Waals surface area contributed by atoms with Crippen LogP contribution in [0.5, 0.6) is 0 Å². The molecule has 0 bridgehead atoms. The van der Waals surface area contributed by atoms with Crippen molar-refractivity contribution in [3.8, 4) is 6.07 Å². The van der Waals surface area contributed by atoms with Crippen molar-refractivity contribution in [3.05, 3.63) is 30.2 Å². The maximum atomic E-state index is 11.3. The first kappa shape index (κ1) is 12.6. The van der Waals surface area contributed by atoms with E-state index in [0.29, 0.717) is 11.4 Å². The zero-order valence-electron chi connectivity index (χ0n) is 10.7. The van der Waals surface area contributed by atoms with Gasteiger partial charge in [-0.2, -0.15) is 10.5 Å². The highest BCUT2D eigenvalue weighted by Gasteiger charge is 2.13. The molecule has 0 saturated carbocycles. The maximum absolute atomic E-state index is 11.3. The Balaban J connectivity index is 1.81. The number of amides is 1. The molecule has 0 atom stereocenters. The second kappa shape index (κ2) is 5.30. The number of aromatic amines is 1. The highest BCUT2D eigenvalue weighted by atomic mass is 16.2. The zero-order valence-corrected chi connectivity index (χ0v) is 10.7. The number of anilines is 3. The lowest BCUT2D eigenvalue weighted by atomic mass is 10.2. The minimum atomic E-state index is -0.0975. The largest absolute Gasteiger partial charge is 0.374 e. The summed E-state index contributed by atoms with van der Waals surface area (Å²) in [6, 6.07) is 7.40. The van der Waals surface area contributed by atoms with Crippen LogP contribution in [0.2, 0.25) is 0 Å². The van der Waals surface area contributed by atoms with E-state index in [-0.39, 0.29) is 23.8 Å². The van der Waals surface area contributed by atoms with Gasteiger partial charge >= 0.3 is 0 Å². The molecule has 1 amide bonds. The molecule has 104 valence electrons. The summed E-state index contributed by atoms with van der Waals surface area (Å²) in [5.41, 5.74) is 2.49. The number of allylic oxidation sites excluding steroid dienone is 1. The van der Waals surface area contributed by atoms with Crippen molar-refractivity contribution in [1.29, 1.82) is 5.26 Å². The van der Waals surface area contributed by atoms with Gasteiger partial charge in [-0.15, -0.1) is 10.2 Å². The van der Waals surface area contributed by atoms with E-state index < -0.39 is 0 Å². The summed E-state index contributed by atoms with van der Waals surface area (Å²) in [6.45, 7) is 0.260. The number of nitriles is 1. The van der Waals surface area contributed by atoms with Gasteiger partial charge in [0.15, 0.2) is 0 Å². The minimum absolute atomic E-state index is 0.0975. The number of carbonyl (C=O) groups excluding carboxylic acids is 1. The molecule has 0 radical (unpaired) electrons. The summed E-state index contributed by atoms with van der Waals surface area (Å²) in [7, 11) is 0. The number of rotatable bonds is 3. The number of nitrogens with zero attached hydrogens (tertiary/aromatic N) is 4. The molecule has 0 spiro atoms. The number of H-pyrrole nitrogens is 1. The molecule has 1 aliphatic heterocycles. The van der Waals surface area contributed by atoms with Gasteiger partial charge in [0.05, 0.1) is 17.9 Å². The summed E-state index contributed by atoms with van der Waals surface area (Å²) in [5, 5.41) is 30.9. The molecule has 4 N–H and O–H groups in total. The molecular weight excluding hydrogens is 272 g/mol. The van der Waals surface area contributed by atoms with Crippen LogP contribution in [0, 0.1) is 11.3 Å². The number of benzene rings is 1. The predicted molar refractivity (Wildman–Crippen MR) is 75.0 cm³/mol. The van der Waals surface area contributed by atoms with E-state index in [4.69, 9.17) is 5.26 Å². The summed E-state index contributed by atoms with van der Waals surface area (Å²) in [6.07, 6.45) is 1.48. The quantitative estimate of drug-likeness (QED) is 0.604. The van der Waals surface area contributed by atoms with Crippen molar-refractivity contribution in [2.75, 3.05) is 22.5 Å². The standard InChI is InChI=1S/C12H10N8O/c13-4-7(12-17-19-20-18-12)5-14-8-1-2-9-10(3-8)16-11(21)6-15-9/h1-3,5,14-15H,6H2,(H,16,21)(H,17,18,19,20). The zero-order chi connectivity index (χ0) is 14.7. The van der Waals surface area contributed by atoms with Crippen LogP contribution >= 0.6 is 0 Å². The summed E-state index contributed by atoms with van der Waals surface area (Å²) >= 11 is 0. The Kier molecular flexibility index (Phi) is 3.18. The lowest BCUT2D eigenvalue weighted by Crippen LogP contribution is -2.27. The number of hydrogen-bond donors (Lipinski definition) is 4. The molecular formula is C12H10N8O. The molecule has 0 saturated heterocycles. The predicted octanol–water partition coefficient (Wildman–Crippen LogP) is 0.540. The van der Waals surface area contributed by atoms with E-state index in [9.17, 15) is 4.79 Å². The Hall–Kier alpha value is -3.41. The second-order valence-corrected chi connectivity index (χ2v) is 4.21. The Bertz CT molecular complexity index is 743. The molecule has 0 aliphatic carbocycles. The molecule has 2 aromatic rings. The Morgan fingerprint density at radius 3 is 3.10 bits per heavy atom. The molecule has 0 unspecified atom stereocenters. The summed E-state index contributed by atoms with van der Waals surface area (Å²) in [4.78, 5) is 11.3. The van der Waals surface area contributed by atoms with Crippen LogP contribution < -0.4 is 16.0 Å². The molecule has 2 heterocycles. The Morgan fingerprint density at radius 1 is 1.43 bits per heavy atom. The van der Waals surface area contributed by atoms with Gasteiger partial charge in [-0.05, 0) is 23.4 Å². The molecule has 21 heavy (non-hydrogen) atoms. The highest BCUT2D eigenvalue weighted by molar-refractivity contribution is 6.01. The van der Waals surface area contributed by atoms with Crippen LogP contribution in [0.4, 0.5) is 17.1 Å². The molecule has 1 aromatic carbocycles. The number of aromatic nitrogens is 4. The normalized spacial score (nSPS) is 13.7. The SMILES string of the molecule is N#CC(=CNc1ccc2c(c1)NC(=O)CN2)c1nn[nH]n1. The third-order valence-electron chi connectivity index (χ3n) is 2.82. The van der Waals surface area contributed by atoms with Gasteiger partial charge in [-0.25, -0.2) is 0 Å². The third kappa shape index (κ3) is 2.64. The van der Waals surface area contributed by atoms with Crippen molar-refractivity contribution in [3.63, 3.8) is 0 Å². The van der Waals surface area contributed by atoms with Crippen LogP contribution in [-0.2, 0) is 4.79 Å². The van der Waals surface area contributed by atoms with Gasteiger partial charge in [0, 0.05) is 11.9 Å². The fraction of sp³-hybridized carbons (Fsp3) is 0.0833. The number of hydrogen-bond acceptors (Lipinski definition) is 7. The van der Waals surface area contributed by atoms with Crippen molar-refractivity contribution < 1.29 is 4.79 Å². The van der Waals surface area contributed by atoms with Crippen LogP contribution in [0.1, 0.15) is 5.82 Å². The van der Waals surface area contributed by atoms with E-state index in [0.717, 1.165) is 5.69 Å². The van der Waals surface area contributed by atoms with Crippen molar-refractivity contribution in [2.24, 2.45) is 0 Å². The number of carbonyl (C=O) groups is 1. The number of tetrazole rings is 1. The van der Waals surface area contributed by atoms with Crippen molar-refractivity contribution in [2.45, 2.75) is 0 Å². The average Bonchev–Trinajstić information content (AvgIpc) is 3.01. The molecule has 1 aromatic heterocycles. The van der Waals surface area contributed by atoms with E-state index in [1.807, 2.05) is 18.2 Å². The first-order valence-electron chi connectivity index (χ1n) is 6.04. The lowest BCUT2D eigenvalue weighted by Gasteiger charge is -2.19. The fourth-order valence-electron chi connectivity index (χ4n) is 1.84. The van der Waals surface area contributed by atoms with E-state index in [1.54, 1.807) is 6.07 Å². The maximum Gasteiger partial charge on any atom is 0.243 e. The number of fused-ring (bicyclic) bond motifs is 1. The fourth-order valence-corrected chi connectivity index (χ4v) is 1.84. The van der Waals surface area contributed by atoms with E-state index in [1.165, 1.54) is 6.20 Å². The van der Waals surface area contributed by atoms with Crippen LogP contribution in [-0.4, -0.2) is 33.1 Å². The highest BCUT2D eigenvalue weighted by Crippen LogP contribution is 2.28. The molecule has 9 nitrogen and oxygen atoms in total. The van der Waals surface area contributed by atoms with Gasteiger partial charge in [0.2, 0.25) is 11.7 Å². The van der Waals surface area contributed by atoms with Crippen LogP contribution in [0.15, 0.2) is 24.4 Å². The number of nitrogens with one attached hydrogen (secondary N) is 4. The summed E-state index contributed by atoms with van der Waals surface area (Å²) in [5.74, 6) is 0.109. The lowest BCUT2D eigenvalue weighted by molar-refractivity contribution is -0.114. The van der Waals surface area contributed by atoms with E-state index in [2.05, 4.69) is 36.6 Å². The average molecular weight is 282 g/mol. The van der Waals surface area contributed by atoms with Gasteiger partial charge in [-0.1, -0.05) is 0 Å². The smallest absolute Gasteiger partial charge is 0.243 e. The second-order valence-electron chi connectivity index (χ2n) is 4.21. The monoisotopic (exact) mass is 282 g/mol. The third-order valence-corrected chi connectivity index (χ3v) is 2.82. The first-order valence-corrected chi connectivity index (χ1v) is 6.04. The first-order chi connectivity index (χ1) is 10.3. The van der Waals surface area contributed by atoms with Gasteiger partial charge < -0.3 is 16.0 Å². The molecule has 9 heteroatoms. The van der Waals surface area contributed by atoms with Crippen molar-refractivity contribution >= 4 is 28.5 Å². The van der Waals surface area contributed by atoms with Crippen LogP contribution in [0.3, 0.4) is 0 Å². The van der Waals surface area contributed by atoms with Gasteiger partial charge in [0.1, 0.15) is 11.6 Å². The minimum Gasteiger partial charge on any atom is -0.374 e. The molecule has 0 fully saturated rings. The molecule has 3 rings (SSSR count). The topological polar surface area (TPSA) is 131 Å². The Labute approximate surface area is 119 Å². The van der Waals surface area contributed by atoms with Gasteiger partial charge in [-0.3, -0.25) is 4.79 Å². The summed E-state index contributed by atoms with van der Waals surface area (Å²) < 4.78 is 0. The Morgan fingerprint density at radius 2 is 2.33 bits per heavy atom.